The first kappa shape index (κ1) is 65.7. The summed E-state index contributed by atoms with van der Waals surface area (Å²) in [4.78, 5) is 77.5. The van der Waals surface area contributed by atoms with E-state index in [4.69, 9.17) is 18.9 Å². The molecular weight excluding hydrogens is 965 g/mol. The molecule has 2 atom stereocenters. The lowest BCUT2D eigenvalue weighted by atomic mass is 9.85. The zero-order valence-electron chi connectivity index (χ0n) is 48.0. The summed E-state index contributed by atoms with van der Waals surface area (Å²) in [6, 6.07) is 5.21. The van der Waals surface area contributed by atoms with Gasteiger partial charge in [0, 0.05) is 48.4 Å². The minimum absolute atomic E-state index is 0.00354. The first-order chi connectivity index (χ1) is 36.0. The molecule has 2 aliphatic rings. The van der Waals surface area contributed by atoms with E-state index in [1.807, 2.05) is 0 Å². The first-order valence-corrected chi connectivity index (χ1v) is 31.2. The Bertz CT molecular complexity index is 1750. The summed E-state index contributed by atoms with van der Waals surface area (Å²) in [6.45, 7) is 10.4. The average Bonchev–Trinajstić information content (AvgIpc) is 3.36. The number of hydrogen-bond donors (Lipinski definition) is 2. The van der Waals surface area contributed by atoms with Crippen LogP contribution in [0.3, 0.4) is 0 Å². The largest absolute Gasteiger partial charge is 0.462 e. The molecule has 2 saturated carbocycles. The molecule has 2 aliphatic carbocycles. The fraction of sp³-hybridized carbons (Fsp3) is 0.806. The molecule has 0 heterocycles. The van der Waals surface area contributed by atoms with Crippen LogP contribution in [-0.4, -0.2) is 77.2 Å². The highest BCUT2D eigenvalue weighted by Crippen LogP contribution is 2.29. The Kier molecular flexibility index (Phi) is 34.0. The number of benzene rings is 1. The number of ether oxygens (including phenoxy) is 4. The van der Waals surface area contributed by atoms with E-state index in [1.54, 1.807) is 65.8 Å². The second-order valence-corrected chi connectivity index (χ2v) is 25.0. The van der Waals surface area contributed by atoms with E-state index in [9.17, 15) is 28.8 Å². The van der Waals surface area contributed by atoms with Crippen molar-refractivity contribution in [3.63, 3.8) is 0 Å². The SMILES string of the molecule is CC(C)(C)OC(=O)CC[C@H](NC(=O)c1ccc(NC(=O)CCSCC(COC(=O)CCCCCCCCCCCC2CCCCC2)OC(=O)CCCCCCCCCCCC2CCCCC2)cc1)C(=O)OC(C)(C)C. The number of thioether (sulfide) groups is 1. The molecule has 2 N–H and O–H groups in total. The van der Waals surface area contributed by atoms with Crippen LogP contribution in [0.2, 0.25) is 0 Å². The van der Waals surface area contributed by atoms with Crippen LogP contribution >= 0.6 is 11.8 Å². The summed E-state index contributed by atoms with van der Waals surface area (Å²) < 4.78 is 22.4. The fourth-order valence-corrected chi connectivity index (χ4v) is 11.2. The predicted molar refractivity (Wildman–Crippen MR) is 305 cm³/mol. The molecule has 75 heavy (non-hydrogen) atoms. The topological polar surface area (TPSA) is 163 Å². The van der Waals surface area contributed by atoms with Gasteiger partial charge in [-0.05, 0) is 96.9 Å². The summed E-state index contributed by atoms with van der Waals surface area (Å²) in [5.41, 5.74) is -0.744. The summed E-state index contributed by atoms with van der Waals surface area (Å²) in [7, 11) is 0. The summed E-state index contributed by atoms with van der Waals surface area (Å²) in [5, 5.41) is 5.56. The quantitative estimate of drug-likeness (QED) is 0.0366. The third-order valence-corrected chi connectivity index (χ3v) is 15.5. The van der Waals surface area contributed by atoms with Gasteiger partial charge >= 0.3 is 23.9 Å². The van der Waals surface area contributed by atoms with Gasteiger partial charge in [0.25, 0.3) is 5.91 Å². The number of rotatable bonds is 39. The third-order valence-electron chi connectivity index (χ3n) is 14.4. The molecule has 2 amide bonds. The normalized spacial score (nSPS) is 15.4. The highest BCUT2D eigenvalue weighted by molar-refractivity contribution is 7.99. The molecular formula is C62H104N2O10S. The van der Waals surface area contributed by atoms with Gasteiger partial charge in [0.1, 0.15) is 30.0 Å². The van der Waals surface area contributed by atoms with E-state index in [1.165, 1.54) is 166 Å². The Morgan fingerprint density at radius 3 is 1.51 bits per heavy atom. The van der Waals surface area contributed by atoms with Crippen LogP contribution in [0.1, 0.15) is 277 Å². The van der Waals surface area contributed by atoms with E-state index in [0.717, 1.165) is 50.4 Å². The summed E-state index contributed by atoms with van der Waals surface area (Å²) in [6.07, 6.45) is 38.8. The van der Waals surface area contributed by atoms with Crippen molar-refractivity contribution in [1.29, 1.82) is 0 Å². The van der Waals surface area contributed by atoms with Crippen LogP contribution in [0.4, 0.5) is 5.69 Å². The number of esters is 4. The van der Waals surface area contributed by atoms with Gasteiger partial charge in [-0.25, -0.2) is 4.79 Å². The van der Waals surface area contributed by atoms with Crippen molar-refractivity contribution in [2.24, 2.45) is 11.8 Å². The van der Waals surface area contributed by atoms with Crippen molar-refractivity contribution in [1.82, 2.24) is 5.32 Å². The maximum absolute atomic E-state index is 13.3. The second kappa shape index (κ2) is 38.9. The fourth-order valence-electron chi connectivity index (χ4n) is 10.3. The highest BCUT2D eigenvalue weighted by Gasteiger charge is 2.29. The molecule has 1 aromatic carbocycles. The number of hydrogen-bond acceptors (Lipinski definition) is 11. The highest BCUT2D eigenvalue weighted by atomic mass is 32.2. The predicted octanol–water partition coefficient (Wildman–Crippen LogP) is 15.5. The minimum atomic E-state index is -1.08. The van der Waals surface area contributed by atoms with Gasteiger partial charge in [-0.3, -0.25) is 24.0 Å². The molecule has 2 fully saturated rings. The van der Waals surface area contributed by atoms with E-state index >= 15 is 0 Å². The van der Waals surface area contributed by atoms with Crippen LogP contribution in [0.15, 0.2) is 24.3 Å². The molecule has 0 aliphatic heterocycles. The lowest BCUT2D eigenvalue weighted by Crippen LogP contribution is -2.44. The number of amides is 2. The Morgan fingerprint density at radius 1 is 0.547 bits per heavy atom. The van der Waals surface area contributed by atoms with Crippen molar-refractivity contribution in [3.8, 4) is 0 Å². The third kappa shape index (κ3) is 34.7. The molecule has 3 rings (SSSR count). The number of carbonyl (C=O) groups is 6. The summed E-state index contributed by atoms with van der Waals surface area (Å²) >= 11 is 1.46. The molecule has 1 unspecified atom stereocenters. The zero-order valence-corrected chi connectivity index (χ0v) is 48.8. The Morgan fingerprint density at radius 2 is 1.01 bits per heavy atom. The number of carbonyl (C=O) groups excluding carboxylic acids is 6. The Balaban J connectivity index is 1.38. The van der Waals surface area contributed by atoms with Crippen LogP contribution in [0, 0.1) is 11.8 Å². The minimum Gasteiger partial charge on any atom is -0.462 e. The Hall–Kier alpha value is -3.61. The van der Waals surface area contributed by atoms with Crippen molar-refractivity contribution >= 4 is 53.1 Å². The number of unbranched alkanes of at least 4 members (excludes halogenated alkanes) is 16. The van der Waals surface area contributed by atoms with Gasteiger partial charge in [0.15, 0.2) is 0 Å². The van der Waals surface area contributed by atoms with Crippen LogP contribution in [0.25, 0.3) is 0 Å². The van der Waals surface area contributed by atoms with Gasteiger partial charge in [-0.1, -0.05) is 180 Å². The van der Waals surface area contributed by atoms with Gasteiger partial charge < -0.3 is 29.6 Å². The molecule has 0 aromatic heterocycles. The van der Waals surface area contributed by atoms with Crippen molar-refractivity contribution in [2.45, 2.75) is 290 Å². The molecule has 0 radical (unpaired) electrons. The molecule has 0 saturated heterocycles. The maximum atomic E-state index is 13.3. The van der Waals surface area contributed by atoms with Crippen LogP contribution in [-0.2, 0) is 42.9 Å². The smallest absolute Gasteiger partial charge is 0.329 e. The monoisotopic (exact) mass is 1070 g/mol. The van der Waals surface area contributed by atoms with Gasteiger partial charge in [-0.15, -0.1) is 0 Å². The van der Waals surface area contributed by atoms with Crippen LogP contribution in [0.5, 0.6) is 0 Å². The molecule has 1 aromatic rings. The van der Waals surface area contributed by atoms with Gasteiger partial charge in [0.05, 0.1) is 0 Å². The molecule has 428 valence electrons. The van der Waals surface area contributed by atoms with E-state index in [2.05, 4.69) is 10.6 Å². The second-order valence-electron chi connectivity index (χ2n) is 23.9. The lowest BCUT2D eigenvalue weighted by molar-refractivity contribution is -0.158. The molecule has 13 heteroatoms. The Labute approximate surface area is 459 Å². The average molecular weight is 1070 g/mol. The van der Waals surface area contributed by atoms with E-state index < -0.39 is 41.2 Å². The zero-order chi connectivity index (χ0) is 54.6. The van der Waals surface area contributed by atoms with Crippen molar-refractivity contribution in [2.75, 3.05) is 23.4 Å². The first-order valence-electron chi connectivity index (χ1n) is 30.0. The van der Waals surface area contributed by atoms with Gasteiger partial charge in [-0.2, -0.15) is 11.8 Å². The van der Waals surface area contributed by atoms with E-state index in [0.29, 0.717) is 30.0 Å². The van der Waals surface area contributed by atoms with E-state index in [-0.39, 0.29) is 49.3 Å². The molecule has 0 spiro atoms. The molecule has 12 nitrogen and oxygen atoms in total. The lowest BCUT2D eigenvalue weighted by Gasteiger charge is -2.25. The maximum Gasteiger partial charge on any atom is 0.329 e. The summed E-state index contributed by atoms with van der Waals surface area (Å²) in [5.74, 6) is 0.335. The number of nitrogens with one attached hydrogen (secondary N) is 2. The van der Waals surface area contributed by atoms with Gasteiger partial charge in [0.2, 0.25) is 5.91 Å². The molecule has 0 bridgehead atoms. The number of anilines is 1. The standard InChI is InChI=1S/C62H104N2O10S/c1-61(2,3)73-58(68)44-43-54(60(70)74-62(4,5)6)64-59(69)51-39-41-52(42-40-51)63-55(65)45-46-75-48-53(72-57(67)38-30-20-16-12-8-10-14-18-24-32-50-35-27-22-28-36-50)47-71-56(66)37-29-19-15-11-7-9-13-17-23-31-49-33-25-21-26-34-49/h39-42,49-50,53-54H,7-38,43-48H2,1-6H3,(H,63,65)(H,64,69)/t53?,54-/m0/s1. The van der Waals surface area contributed by atoms with Crippen LogP contribution < -0.4 is 10.6 Å². The van der Waals surface area contributed by atoms with Crippen molar-refractivity contribution < 1.29 is 47.7 Å². The van der Waals surface area contributed by atoms with Crippen molar-refractivity contribution in [3.05, 3.63) is 29.8 Å².